The molecule has 0 bridgehead atoms. The highest BCUT2D eigenvalue weighted by atomic mass is 32.1. The van der Waals surface area contributed by atoms with Crippen LogP contribution in [0.15, 0.2) is 17.5 Å². The maximum atomic E-state index is 12.5. The average molecular weight is 310 g/mol. The van der Waals surface area contributed by atoms with Crippen LogP contribution >= 0.6 is 11.3 Å². The lowest BCUT2D eigenvalue weighted by Gasteiger charge is -2.35. The second-order valence-corrected chi connectivity index (χ2v) is 6.23. The van der Waals surface area contributed by atoms with Gasteiger partial charge >= 0.3 is 0 Å². The van der Waals surface area contributed by atoms with Crippen LogP contribution in [0.25, 0.3) is 0 Å². The van der Waals surface area contributed by atoms with E-state index in [2.05, 4.69) is 5.32 Å². The molecule has 0 aliphatic carbocycles. The molecule has 1 aromatic heterocycles. The smallest absolute Gasteiger partial charge is 0.264 e. The fourth-order valence-electron chi connectivity index (χ4n) is 2.56. The van der Waals surface area contributed by atoms with Crippen LogP contribution < -0.4 is 5.32 Å². The molecular formula is C15H22N2O3S. The molecule has 0 spiro atoms. The number of hydrogen-bond acceptors (Lipinski definition) is 4. The molecule has 1 aliphatic rings. The number of nitrogens with zero attached hydrogens (tertiary/aromatic N) is 1. The van der Waals surface area contributed by atoms with E-state index in [1.165, 1.54) is 11.3 Å². The Morgan fingerprint density at radius 1 is 1.52 bits per heavy atom. The van der Waals surface area contributed by atoms with Gasteiger partial charge in [-0.1, -0.05) is 13.0 Å². The summed E-state index contributed by atoms with van der Waals surface area (Å²) in [5.74, 6) is -0.220. The van der Waals surface area contributed by atoms with Crippen molar-refractivity contribution in [3.63, 3.8) is 0 Å². The molecule has 2 atom stereocenters. The Balaban J connectivity index is 2.08. The Hall–Kier alpha value is -1.40. The topological polar surface area (TPSA) is 69.6 Å². The molecule has 116 valence electrons. The summed E-state index contributed by atoms with van der Waals surface area (Å²) in [6, 6.07) is 2.97. The lowest BCUT2D eigenvalue weighted by atomic mass is 10.0. The number of aliphatic hydroxyl groups excluding tert-OH is 1. The van der Waals surface area contributed by atoms with Crippen LogP contribution in [0.3, 0.4) is 0 Å². The minimum Gasteiger partial charge on any atom is -0.394 e. The molecule has 1 saturated heterocycles. The van der Waals surface area contributed by atoms with Crippen molar-refractivity contribution in [3.8, 4) is 0 Å². The summed E-state index contributed by atoms with van der Waals surface area (Å²) in [6.45, 7) is 2.45. The Morgan fingerprint density at radius 3 is 2.95 bits per heavy atom. The first-order valence-corrected chi connectivity index (χ1v) is 8.31. The Kier molecular flexibility index (Phi) is 5.76. The molecular weight excluding hydrogens is 288 g/mol. The van der Waals surface area contributed by atoms with Gasteiger partial charge in [0.15, 0.2) is 0 Å². The minimum absolute atomic E-state index is 0.0677. The number of piperidine rings is 1. The van der Waals surface area contributed by atoms with Crippen LogP contribution in [0.2, 0.25) is 0 Å². The number of carbonyl (C=O) groups excluding carboxylic acids is 2. The van der Waals surface area contributed by atoms with Gasteiger partial charge in [-0.2, -0.15) is 0 Å². The van der Waals surface area contributed by atoms with E-state index in [4.69, 9.17) is 0 Å². The molecule has 6 heteroatoms. The molecule has 0 saturated carbocycles. The van der Waals surface area contributed by atoms with E-state index >= 15 is 0 Å². The number of nitrogens with one attached hydrogen (secondary N) is 1. The zero-order chi connectivity index (χ0) is 15.2. The van der Waals surface area contributed by atoms with Crippen LogP contribution in [0.1, 0.15) is 42.3 Å². The fourth-order valence-corrected chi connectivity index (χ4v) is 3.24. The molecule has 5 nitrogen and oxygen atoms in total. The minimum atomic E-state index is -0.422. The zero-order valence-corrected chi connectivity index (χ0v) is 13.1. The molecule has 21 heavy (non-hydrogen) atoms. The SMILES string of the molecule is CC[C@@H](CO)NC(=O)[C@@H]1CCCCN1C(=O)c1cccs1. The monoisotopic (exact) mass is 310 g/mol. The van der Waals surface area contributed by atoms with Crippen LogP contribution in [0.5, 0.6) is 0 Å². The first-order chi connectivity index (χ1) is 10.2. The molecule has 1 aliphatic heterocycles. The van der Waals surface area contributed by atoms with Gasteiger partial charge in [0.2, 0.25) is 5.91 Å². The van der Waals surface area contributed by atoms with Crippen molar-refractivity contribution in [2.24, 2.45) is 0 Å². The normalized spacial score (nSPS) is 20.1. The van der Waals surface area contributed by atoms with E-state index < -0.39 is 6.04 Å². The van der Waals surface area contributed by atoms with Gasteiger partial charge in [0.25, 0.3) is 5.91 Å². The predicted octanol–water partition coefficient (Wildman–Crippen LogP) is 1.63. The number of thiophene rings is 1. The standard InChI is InChI=1S/C15H22N2O3S/c1-2-11(10-18)16-14(19)12-6-3-4-8-17(12)15(20)13-7-5-9-21-13/h5,7,9,11-12,18H,2-4,6,8,10H2,1H3,(H,16,19)/t11-,12-/m0/s1. The first kappa shape index (κ1) is 16.0. The van der Waals surface area contributed by atoms with Gasteiger partial charge in [-0.05, 0) is 37.1 Å². The van der Waals surface area contributed by atoms with E-state index in [-0.39, 0.29) is 24.5 Å². The van der Waals surface area contributed by atoms with Crippen LogP contribution in [-0.4, -0.2) is 47.1 Å². The summed E-state index contributed by atoms with van der Waals surface area (Å²) in [6.07, 6.45) is 3.24. The zero-order valence-electron chi connectivity index (χ0n) is 12.2. The van der Waals surface area contributed by atoms with Crippen molar-refractivity contribution in [3.05, 3.63) is 22.4 Å². The van der Waals surface area contributed by atoms with Crippen molar-refractivity contribution in [1.29, 1.82) is 0 Å². The van der Waals surface area contributed by atoms with E-state index in [0.717, 1.165) is 12.8 Å². The van der Waals surface area contributed by atoms with Gasteiger partial charge in [-0.25, -0.2) is 0 Å². The van der Waals surface area contributed by atoms with Crippen molar-refractivity contribution in [2.45, 2.75) is 44.7 Å². The molecule has 0 unspecified atom stereocenters. The first-order valence-electron chi connectivity index (χ1n) is 7.43. The maximum absolute atomic E-state index is 12.5. The number of aliphatic hydroxyl groups is 1. The van der Waals surface area contributed by atoms with Gasteiger partial charge in [0.1, 0.15) is 6.04 Å². The second-order valence-electron chi connectivity index (χ2n) is 5.28. The summed E-state index contributed by atoms with van der Waals surface area (Å²) in [5.41, 5.74) is 0. The van der Waals surface area contributed by atoms with Crippen molar-refractivity contribution < 1.29 is 14.7 Å². The largest absolute Gasteiger partial charge is 0.394 e. The molecule has 0 aromatic carbocycles. The summed E-state index contributed by atoms with van der Waals surface area (Å²) < 4.78 is 0. The lowest BCUT2D eigenvalue weighted by Crippen LogP contribution is -2.54. The van der Waals surface area contributed by atoms with E-state index in [1.807, 2.05) is 18.4 Å². The molecule has 2 heterocycles. The van der Waals surface area contributed by atoms with E-state index in [1.54, 1.807) is 11.0 Å². The van der Waals surface area contributed by atoms with Crippen LogP contribution in [-0.2, 0) is 4.79 Å². The number of hydrogen-bond donors (Lipinski definition) is 2. The molecule has 2 rings (SSSR count). The molecule has 2 N–H and O–H groups in total. The van der Waals surface area contributed by atoms with Gasteiger partial charge in [-0.3, -0.25) is 9.59 Å². The summed E-state index contributed by atoms with van der Waals surface area (Å²) in [7, 11) is 0. The lowest BCUT2D eigenvalue weighted by molar-refractivity contribution is -0.127. The summed E-state index contributed by atoms with van der Waals surface area (Å²) in [5, 5.41) is 13.9. The third-order valence-electron chi connectivity index (χ3n) is 3.86. The number of carbonyl (C=O) groups is 2. The number of amides is 2. The second kappa shape index (κ2) is 7.56. The average Bonchev–Trinajstić information content (AvgIpc) is 3.06. The van der Waals surface area contributed by atoms with Gasteiger partial charge in [-0.15, -0.1) is 11.3 Å². The third-order valence-corrected chi connectivity index (χ3v) is 4.72. The predicted molar refractivity (Wildman–Crippen MR) is 82.3 cm³/mol. The molecule has 1 fully saturated rings. The molecule has 1 aromatic rings. The van der Waals surface area contributed by atoms with Crippen molar-refractivity contribution in [1.82, 2.24) is 10.2 Å². The number of rotatable bonds is 5. The van der Waals surface area contributed by atoms with Gasteiger partial charge < -0.3 is 15.3 Å². The molecule has 0 radical (unpaired) electrons. The van der Waals surface area contributed by atoms with E-state index in [0.29, 0.717) is 24.3 Å². The Morgan fingerprint density at radius 2 is 2.33 bits per heavy atom. The van der Waals surface area contributed by atoms with Crippen molar-refractivity contribution >= 4 is 23.2 Å². The highest BCUT2D eigenvalue weighted by Gasteiger charge is 2.33. The van der Waals surface area contributed by atoms with Gasteiger partial charge in [0, 0.05) is 6.54 Å². The quantitative estimate of drug-likeness (QED) is 0.868. The Bertz CT molecular complexity index is 471. The maximum Gasteiger partial charge on any atom is 0.264 e. The van der Waals surface area contributed by atoms with Gasteiger partial charge in [0.05, 0.1) is 17.5 Å². The summed E-state index contributed by atoms with van der Waals surface area (Å²) >= 11 is 1.40. The highest BCUT2D eigenvalue weighted by Crippen LogP contribution is 2.22. The molecule has 2 amide bonds. The Labute approximate surface area is 129 Å². The highest BCUT2D eigenvalue weighted by molar-refractivity contribution is 7.12. The third kappa shape index (κ3) is 3.83. The number of likely N-dealkylation sites (tertiary alicyclic amines) is 1. The fraction of sp³-hybridized carbons (Fsp3) is 0.600. The van der Waals surface area contributed by atoms with E-state index in [9.17, 15) is 14.7 Å². The van der Waals surface area contributed by atoms with Crippen LogP contribution in [0, 0.1) is 0 Å². The van der Waals surface area contributed by atoms with Crippen LogP contribution in [0.4, 0.5) is 0 Å². The van der Waals surface area contributed by atoms with Crippen molar-refractivity contribution in [2.75, 3.05) is 13.2 Å². The summed E-state index contributed by atoms with van der Waals surface area (Å²) in [4.78, 5) is 27.3.